The maximum atomic E-state index is 11.1. The molecule has 1 rings (SSSR count). The van der Waals surface area contributed by atoms with Crippen LogP contribution in [-0.2, 0) is 16.1 Å². The van der Waals surface area contributed by atoms with Crippen LogP contribution in [0.1, 0.15) is 24.6 Å². The molecule has 0 aliphatic rings. The van der Waals surface area contributed by atoms with Gasteiger partial charge in [-0.1, -0.05) is 13.0 Å². The van der Waals surface area contributed by atoms with Crippen molar-refractivity contribution >= 4 is 17.3 Å². The molecule has 1 aromatic heterocycles. The number of esters is 1. The topological polar surface area (TPSA) is 38.3 Å². The third-order valence-corrected chi connectivity index (χ3v) is 3.15. The Morgan fingerprint density at radius 2 is 2.47 bits per heavy atom. The molecule has 0 radical (unpaired) electrons. The molecule has 1 aromatic rings. The van der Waals surface area contributed by atoms with Crippen molar-refractivity contribution in [3.63, 3.8) is 0 Å². The van der Waals surface area contributed by atoms with Crippen molar-refractivity contribution in [2.24, 2.45) is 0 Å². The quantitative estimate of drug-likeness (QED) is 0.757. The van der Waals surface area contributed by atoms with Gasteiger partial charge in [0.1, 0.15) is 0 Å². The summed E-state index contributed by atoms with van der Waals surface area (Å²) in [4.78, 5) is 12.4. The maximum absolute atomic E-state index is 11.1. The summed E-state index contributed by atoms with van der Waals surface area (Å²) < 4.78 is 4.64. The van der Waals surface area contributed by atoms with Crippen molar-refractivity contribution in [2.45, 2.75) is 32.4 Å². The number of nitrogens with one attached hydrogen (secondary N) is 1. The van der Waals surface area contributed by atoms with Crippen molar-refractivity contribution in [3.8, 4) is 0 Å². The summed E-state index contributed by atoms with van der Waals surface area (Å²) in [5.41, 5.74) is 0. The lowest BCUT2D eigenvalue weighted by Gasteiger charge is -2.14. The van der Waals surface area contributed by atoms with E-state index in [1.807, 2.05) is 6.07 Å². The van der Waals surface area contributed by atoms with Gasteiger partial charge in [-0.15, -0.1) is 11.3 Å². The summed E-state index contributed by atoms with van der Waals surface area (Å²) >= 11 is 1.72. The van der Waals surface area contributed by atoms with Crippen molar-refractivity contribution < 1.29 is 9.53 Å². The molecular formula is C11H17NO2S. The average Bonchev–Trinajstić information content (AvgIpc) is 2.76. The van der Waals surface area contributed by atoms with Gasteiger partial charge in [-0.3, -0.25) is 4.79 Å². The molecule has 3 nitrogen and oxygen atoms in total. The first-order chi connectivity index (χ1) is 7.26. The number of rotatable bonds is 6. The Balaban J connectivity index is 2.31. The highest BCUT2D eigenvalue weighted by Gasteiger charge is 2.11. The van der Waals surface area contributed by atoms with Gasteiger partial charge in [0.25, 0.3) is 0 Å². The minimum atomic E-state index is -0.152. The Morgan fingerprint density at radius 3 is 3.00 bits per heavy atom. The molecule has 0 amide bonds. The van der Waals surface area contributed by atoms with Gasteiger partial charge < -0.3 is 10.1 Å². The summed E-state index contributed by atoms with van der Waals surface area (Å²) in [6, 6.07) is 4.32. The molecule has 0 saturated carbocycles. The number of carbonyl (C=O) groups is 1. The molecule has 1 N–H and O–H groups in total. The standard InChI is InChI=1S/C11H17NO2S/c1-3-9(7-11(13)14-2)12-8-10-5-4-6-15-10/h4-6,9,12H,3,7-8H2,1-2H3. The van der Waals surface area contributed by atoms with Crippen molar-refractivity contribution in [1.29, 1.82) is 0 Å². The summed E-state index contributed by atoms with van der Waals surface area (Å²) in [7, 11) is 1.42. The average molecular weight is 227 g/mol. The molecule has 1 unspecified atom stereocenters. The number of hydrogen-bond acceptors (Lipinski definition) is 4. The lowest BCUT2D eigenvalue weighted by atomic mass is 10.1. The fourth-order valence-electron chi connectivity index (χ4n) is 1.30. The molecule has 0 aliphatic heterocycles. The predicted octanol–water partition coefficient (Wildman–Crippen LogP) is 2.18. The van der Waals surface area contributed by atoms with Gasteiger partial charge in [0.15, 0.2) is 0 Å². The van der Waals surface area contributed by atoms with Gasteiger partial charge in [0.2, 0.25) is 0 Å². The van der Waals surface area contributed by atoms with Crippen LogP contribution >= 0.6 is 11.3 Å². The minimum Gasteiger partial charge on any atom is -0.469 e. The zero-order valence-corrected chi connectivity index (χ0v) is 9.97. The molecule has 0 aromatic carbocycles. The number of carbonyl (C=O) groups excluding carboxylic acids is 1. The van der Waals surface area contributed by atoms with E-state index in [4.69, 9.17) is 0 Å². The summed E-state index contributed by atoms with van der Waals surface area (Å²) in [6.07, 6.45) is 1.37. The van der Waals surface area contributed by atoms with Crippen LogP contribution in [0.5, 0.6) is 0 Å². The van der Waals surface area contributed by atoms with Gasteiger partial charge in [-0.25, -0.2) is 0 Å². The monoisotopic (exact) mass is 227 g/mol. The Morgan fingerprint density at radius 1 is 1.67 bits per heavy atom. The zero-order chi connectivity index (χ0) is 11.1. The van der Waals surface area contributed by atoms with Crippen LogP contribution < -0.4 is 5.32 Å². The van der Waals surface area contributed by atoms with Gasteiger partial charge in [-0.05, 0) is 17.9 Å². The first-order valence-corrected chi connectivity index (χ1v) is 5.96. The second-order valence-electron chi connectivity index (χ2n) is 3.35. The third kappa shape index (κ3) is 4.44. The van der Waals surface area contributed by atoms with Crippen molar-refractivity contribution in [1.82, 2.24) is 5.32 Å². The largest absolute Gasteiger partial charge is 0.469 e. The molecule has 15 heavy (non-hydrogen) atoms. The Kier molecular flexibility index (Phi) is 5.36. The molecule has 0 saturated heterocycles. The van der Waals surface area contributed by atoms with E-state index in [1.54, 1.807) is 11.3 Å². The second kappa shape index (κ2) is 6.58. The first kappa shape index (κ1) is 12.2. The Bertz CT molecular complexity index is 285. The highest BCUT2D eigenvalue weighted by atomic mass is 32.1. The molecule has 0 fully saturated rings. The van der Waals surface area contributed by atoms with Crippen LogP contribution in [0.25, 0.3) is 0 Å². The van der Waals surface area contributed by atoms with Crippen LogP contribution in [0, 0.1) is 0 Å². The van der Waals surface area contributed by atoms with E-state index in [0.717, 1.165) is 13.0 Å². The third-order valence-electron chi connectivity index (χ3n) is 2.28. The van der Waals surface area contributed by atoms with Crippen LogP contribution in [-0.4, -0.2) is 19.1 Å². The van der Waals surface area contributed by atoms with E-state index in [2.05, 4.69) is 28.4 Å². The van der Waals surface area contributed by atoms with E-state index in [9.17, 15) is 4.79 Å². The van der Waals surface area contributed by atoms with Crippen LogP contribution in [0.4, 0.5) is 0 Å². The first-order valence-electron chi connectivity index (χ1n) is 5.08. The summed E-state index contributed by atoms with van der Waals surface area (Å²) in [5.74, 6) is -0.152. The fraction of sp³-hybridized carbons (Fsp3) is 0.545. The molecule has 4 heteroatoms. The van der Waals surface area contributed by atoms with Crippen LogP contribution in [0.3, 0.4) is 0 Å². The molecule has 84 valence electrons. The lowest BCUT2D eigenvalue weighted by molar-refractivity contribution is -0.141. The van der Waals surface area contributed by atoms with E-state index >= 15 is 0 Å². The SMILES string of the molecule is CCC(CC(=O)OC)NCc1cccs1. The van der Waals surface area contributed by atoms with Gasteiger partial charge >= 0.3 is 5.97 Å². The maximum Gasteiger partial charge on any atom is 0.307 e. The number of thiophene rings is 1. The summed E-state index contributed by atoms with van der Waals surface area (Å²) in [5, 5.41) is 5.40. The smallest absolute Gasteiger partial charge is 0.307 e. The number of hydrogen-bond donors (Lipinski definition) is 1. The molecule has 0 bridgehead atoms. The van der Waals surface area contributed by atoms with Crippen LogP contribution in [0.15, 0.2) is 17.5 Å². The highest BCUT2D eigenvalue weighted by Crippen LogP contribution is 2.09. The molecule has 1 atom stereocenters. The van der Waals surface area contributed by atoms with Gasteiger partial charge in [-0.2, -0.15) is 0 Å². The lowest BCUT2D eigenvalue weighted by Crippen LogP contribution is -2.30. The van der Waals surface area contributed by atoms with Gasteiger partial charge in [0, 0.05) is 17.5 Å². The normalized spacial score (nSPS) is 12.4. The van der Waals surface area contributed by atoms with E-state index in [0.29, 0.717) is 6.42 Å². The number of ether oxygens (including phenoxy) is 1. The van der Waals surface area contributed by atoms with Crippen LogP contribution in [0.2, 0.25) is 0 Å². The predicted molar refractivity (Wildman–Crippen MR) is 61.9 cm³/mol. The molecule has 1 heterocycles. The molecule has 0 aliphatic carbocycles. The Labute approximate surface area is 94.5 Å². The molecular weight excluding hydrogens is 210 g/mol. The van der Waals surface area contributed by atoms with E-state index < -0.39 is 0 Å². The van der Waals surface area contributed by atoms with E-state index in [1.165, 1.54) is 12.0 Å². The minimum absolute atomic E-state index is 0.152. The second-order valence-corrected chi connectivity index (χ2v) is 4.38. The molecule has 0 spiro atoms. The zero-order valence-electron chi connectivity index (χ0n) is 9.16. The van der Waals surface area contributed by atoms with Crippen molar-refractivity contribution in [2.75, 3.05) is 7.11 Å². The van der Waals surface area contributed by atoms with E-state index in [-0.39, 0.29) is 12.0 Å². The fourth-order valence-corrected chi connectivity index (χ4v) is 1.96. The van der Waals surface area contributed by atoms with Gasteiger partial charge in [0.05, 0.1) is 13.5 Å². The number of methoxy groups -OCH3 is 1. The highest BCUT2D eigenvalue weighted by molar-refractivity contribution is 7.09. The van der Waals surface area contributed by atoms with Crippen molar-refractivity contribution in [3.05, 3.63) is 22.4 Å². The summed E-state index contributed by atoms with van der Waals surface area (Å²) in [6.45, 7) is 2.89. The Hall–Kier alpha value is -0.870.